The van der Waals surface area contributed by atoms with Crippen LogP contribution in [0.1, 0.15) is 101 Å². The summed E-state index contributed by atoms with van der Waals surface area (Å²) < 4.78 is 9.55. The molecule has 3 saturated heterocycles. The van der Waals surface area contributed by atoms with E-state index >= 15 is 0 Å². The fourth-order valence-electron chi connectivity index (χ4n) is 9.78. The lowest BCUT2D eigenvalue weighted by atomic mass is 9.84. The van der Waals surface area contributed by atoms with Crippen LogP contribution in [0.4, 0.5) is 15.3 Å². The standard InChI is InChI=1S/C46H59N7O9/c1-27(2)37(49-43(59)61-5)39(55)51-25-7-23-45(51,41(47)57)31-13-9-29(10-14-31)35-21-22-36(53(35)33-17-19-34(54)20-18-33)30-11-15-32(16-12-30)46(42(48)58)24-8-26-52(46)40(56)38(28(3)4)50-44(60)62-6/h9-20,27-28,35-38,54H,7-8,21-26H2,1-6H3,(H2,47,57)(H2,48,58)(H,49,59)(H,50,60)/t35-,36-,37-,38-,45-,46-/m0/s1. The van der Waals surface area contributed by atoms with Gasteiger partial charge in [-0.1, -0.05) is 76.2 Å². The predicted octanol–water partition coefficient (Wildman–Crippen LogP) is 4.84. The van der Waals surface area contributed by atoms with Crippen LogP contribution in [-0.2, 0) is 39.7 Å². The van der Waals surface area contributed by atoms with Crippen LogP contribution in [-0.4, -0.2) is 90.1 Å². The molecular formula is C46H59N7O9. The van der Waals surface area contributed by atoms with Gasteiger partial charge in [-0.05, 0) is 96.9 Å². The Morgan fingerprint density at radius 3 is 1.32 bits per heavy atom. The Kier molecular flexibility index (Phi) is 13.4. The molecule has 6 atom stereocenters. The molecule has 3 fully saturated rings. The number of methoxy groups -OCH3 is 2. The number of ether oxygens (including phenoxy) is 2. The van der Waals surface area contributed by atoms with Gasteiger partial charge in [0.25, 0.3) is 0 Å². The van der Waals surface area contributed by atoms with E-state index in [2.05, 4.69) is 15.5 Å². The molecule has 3 heterocycles. The first-order chi connectivity index (χ1) is 29.5. The van der Waals surface area contributed by atoms with E-state index in [9.17, 15) is 33.9 Å². The van der Waals surface area contributed by atoms with E-state index in [1.165, 1.54) is 24.0 Å². The van der Waals surface area contributed by atoms with E-state index < -0.39 is 59.0 Å². The molecule has 0 radical (unpaired) electrons. The smallest absolute Gasteiger partial charge is 0.407 e. The Hall–Kier alpha value is -6.32. The maximum Gasteiger partial charge on any atom is 0.407 e. The Labute approximate surface area is 362 Å². The highest BCUT2D eigenvalue weighted by molar-refractivity contribution is 5.96. The lowest BCUT2D eigenvalue weighted by Gasteiger charge is -2.39. The number of alkyl carbamates (subject to hydrolysis) is 2. The summed E-state index contributed by atoms with van der Waals surface area (Å²) >= 11 is 0. The van der Waals surface area contributed by atoms with Gasteiger partial charge in [0.2, 0.25) is 23.6 Å². The van der Waals surface area contributed by atoms with Crippen molar-refractivity contribution in [2.24, 2.45) is 23.3 Å². The van der Waals surface area contributed by atoms with E-state index in [0.29, 0.717) is 36.8 Å². The maximum absolute atomic E-state index is 14.1. The zero-order chi connectivity index (χ0) is 45.1. The molecule has 0 unspecified atom stereocenters. The molecule has 0 aromatic heterocycles. The molecule has 3 aromatic rings. The first kappa shape index (κ1) is 45.2. The highest BCUT2D eigenvalue weighted by Gasteiger charge is 2.53. The summed E-state index contributed by atoms with van der Waals surface area (Å²) in [7, 11) is 2.45. The molecule has 3 aliphatic rings. The van der Waals surface area contributed by atoms with Crippen LogP contribution >= 0.6 is 0 Å². The second-order valence-corrected chi connectivity index (χ2v) is 17.1. The summed E-state index contributed by atoms with van der Waals surface area (Å²) in [5.41, 5.74) is 13.4. The number of benzene rings is 3. The number of phenols is 1. The zero-order valence-electron chi connectivity index (χ0n) is 36.3. The summed E-state index contributed by atoms with van der Waals surface area (Å²) in [6.45, 7) is 7.79. The number of rotatable bonds is 13. The fourth-order valence-corrected chi connectivity index (χ4v) is 9.78. The molecular weight excluding hydrogens is 795 g/mol. The van der Waals surface area contributed by atoms with Gasteiger partial charge in [-0.15, -0.1) is 0 Å². The molecule has 0 bridgehead atoms. The largest absolute Gasteiger partial charge is 0.508 e. The van der Waals surface area contributed by atoms with E-state index in [-0.39, 0.29) is 42.8 Å². The number of carbonyl (C=O) groups is 6. The average Bonchev–Trinajstić information content (AvgIpc) is 4.03. The predicted molar refractivity (Wildman–Crippen MR) is 230 cm³/mol. The molecule has 16 heteroatoms. The Balaban J connectivity index is 1.32. The highest BCUT2D eigenvalue weighted by atomic mass is 16.5. The normalized spacial score (nSPS) is 23.3. The maximum atomic E-state index is 14.1. The van der Waals surface area contributed by atoms with Gasteiger partial charge >= 0.3 is 12.2 Å². The first-order valence-corrected chi connectivity index (χ1v) is 21.2. The zero-order valence-corrected chi connectivity index (χ0v) is 36.3. The van der Waals surface area contributed by atoms with Crippen LogP contribution < -0.4 is 27.0 Å². The molecule has 0 spiro atoms. The third-order valence-corrected chi connectivity index (χ3v) is 13.0. The molecule has 0 saturated carbocycles. The van der Waals surface area contributed by atoms with E-state index in [1.807, 2.05) is 60.7 Å². The summed E-state index contributed by atoms with van der Waals surface area (Å²) in [5, 5.41) is 15.5. The monoisotopic (exact) mass is 853 g/mol. The Morgan fingerprint density at radius 2 is 1.00 bits per heavy atom. The molecule has 332 valence electrons. The van der Waals surface area contributed by atoms with Gasteiger partial charge in [-0.2, -0.15) is 0 Å². The minimum atomic E-state index is -1.42. The molecule has 6 rings (SSSR count). The van der Waals surface area contributed by atoms with Crippen molar-refractivity contribution in [2.45, 2.75) is 101 Å². The number of amides is 6. The van der Waals surface area contributed by atoms with Crippen molar-refractivity contribution in [3.05, 3.63) is 95.1 Å². The minimum absolute atomic E-state index is 0.123. The van der Waals surface area contributed by atoms with Gasteiger partial charge < -0.3 is 51.4 Å². The molecule has 6 amide bonds. The van der Waals surface area contributed by atoms with Crippen LogP contribution in [0, 0.1) is 11.8 Å². The number of phenolic OH excluding ortho intramolecular Hbond substituents is 1. The highest BCUT2D eigenvalue weighted by Crippen LogP contribution is 2.49. The van der Waals surface area contributed by atoms with Crippen molar-refractivity contribution in [1.29, 1.82) is 0 Å². The molecule has 62 heavy (non-hydrogen) atoms. The summed E-state index contributed by atoms with van der Waals surface area (Å²) in [6, 6.07) is 20.1. The number of hydrogen-bond donors (Lipinski definition) is 5. The minimum Gasteiger partial charge on any atom is -0.508 e. The number of primary amides is 2. The molecule has 7 N–H and O–H groups in total. The molecule has 16 nitrogen and oxygen atoms in total. The van der Waals surface area contributed by atoms with Crippen LogP contribution in [0.2, 0.25) is 0 Å². The number of nitrogens with zero attached hydrogens (tertiary/aromatic N) is 3. The van der Waals surface area contributed by atoms with E-state index in [1.54, 1.807) is 39.8 Å². The van der Waals surface area contributed by atoms with Crippen molar-refractivity contribution in [3.63, 3.8) is 0 Å². The third kappa shape index (κ3) is 8.21. The van der Waals surface area contributed by atoms with Gasteiger partial charge in [0.15, 0.2) is 0 Å². The number of hydrogen-bond acceptors (Lipinski definition) is 10. The lowest BCUT2D eigenvalue weighted by molar-refractivity contribution is -0.146. The number of nitrogens with one attached hydrogen (secondary N) is 2. The van der Waals surface area contributed by atoms with E-state index in [4.69, 9.17) is 20.9 Å². The van der Waals surface area contributed by atoms with Crippen molar-refractivity contribution < 1.29 is 43.3 Å². The van der Waals surface area contributed by atoms with Gasteiger partial charge in [0.1, 0.15) is 28.9 Å². The Bertz CT molecular complexity index is 2020. The second kappa shape index (κ2) is 18.3. The number of nitrogens with two attached hydrogens (primary N) is 2. The van der Waals surface area contributed by atoms with Crippen molar-refractivity contribution in [3.8, 4) is 5.75 Å². The van der Waals surface area contributed by atoms with Crippen LogP contribution in [0.3, 0.4) is 0 Å². The number of anilines is 1. The number of likely N-dealkylation sites (tertiary alicyclic amines) is 2. The number of carbonyl (C=O) groups excluding carboxylic acids is 6. The van der Waals surface area contributed by atoms with Gasteiger partial charge in [-0.3, -0.25) is 19.2 Å². The second-order valence-electron chi connectivity index (χ2n) is 17.1. The van der Waals surface area contributed by atoms with Crippen molar-refractivity contribution in [1.82, 2.24) is 20.4 Å². The first-order valence-electron chi connectivity index (χ1n) is 21.2. The SMILES string of the molecule is COC(=O)N[C@H](C(=O)N1CCC[C@@]1(C(N)=O)c1ccc([C@@H]2CC[C@@H](c3ccc([C@]4(C(N)=O)CCCN4C(=O)[C@@H](NC(=O)OC)C(C)C)cc3)N2c2ccc(O)cc2)cc1)C(C)C. The lowest BCUT2D eigenvalue weighted by Crippen LogP contribution is -2.59. The quantitative estimate of drug-likeness (QED) is 0.157. The van der Waals surface area contributed by atoms with Gasteiger partial charge in [0, 0.05) is 18.8 Å². The van der Waals surface area contributed by atoms with Gasteiger partial charge in [-0.25, -0.2) is 9.59 Å². The third-order valence-electron chi connectivity index (χ3n) is 13.0. The van der Waals surface area contributed by atoms with Crippen molar-refractivity contribution >= 4 is 41.5 Å². The van der Waals surface area contributed by atoms with Crippen molar-refractivity contribution in [2.75, 3.05) is 32.2 Å². The summed E-state index contributed by atoms with van der Waals surface area (Å²) in [6.07, 6.45) is 1.71. The van der Waals surface area contributed by atoms with E-state index in [0.717, 1.165) is 29.7 Å². The summed E-state index contributed by atoms with van der Waals surface area (Å²) in [5.74, 6) is -2.62. The van der Waals surface area contributed by atoms with Crippen LogP contribution in [0.15, 0.2) is 72.8 Å². The van der Waals surface area contributed by atoms with Crippen LogP contribution in [0.5, 0.6) is 5.75 Å². The fraction of sp³-hybridized carbons (Fsp3) is 0.478. The topological polar surface area (TPSA) is 227 Å². The van der Waals surface area contributed by atoms with Gasteiger partial charge in [0.05, 0.1) is 26.3 Å². The molecule has 3 aromatic carbocycles. The average molecular weight is 854 g/mol. The number of aromatic hydroxyl groups is 1. The Morgan fingerprint density at radius 1 is 0.629 bits per heavy atom. The van der Waals surface area contributed by atoms with Crippen LogP contribution in [0.25, 0.3) is 0 Å². The molecule has 3 aliphatic heterocycles. The summed E-state index contributed by atoms with van der Waals surface area (Å²) in [4.78, 5) is 84.7. The molecule has 0 aliphatic carbocycles.